The summed E-state index contributed by atoms with van der Waals surface area (Å²) in [7, 11) is 1.55. The van der Waals surface area contributed by atoms with Crippen LogP contribution in [-0.4, -0.2) is 47.3 Å². The van der Waals surface area contributed by atoms with Crippen LogP contribution < -0.4 is 14.2 Å². The molecule has 0 saturated carbocycles. The molecule has 0 unspecified atom stereocenters. The molecule has 0 fully saturated rings. The molecule has 9 heteroatoms. The summed E-state index contributed by atoms with van der Waals surface area (Å²) in [6.07, 6.45) is 1.62. The number of nitrogens with zero attached hydrogens (tertiary/aromatic N) is 3. The first-order valence-electron chi connectivity index (χ1n) is 12.4. The molecule has 0 atom stereocenters. The summed E-state index contributed by atoms with van der Waals surface area (Å²) in [5, 5.41) is 15.7. The first kappa shape index (κ1) is 26.2. The molecule has 1 N–H and O–H groups in total. The fraction of sp³-hybridized carbons (Fsp3) is 0.200. The highest BCUT2D eigenvalue weighted by Gasteiger charge is 2.36. The standard InChI is InChI=1S/C30H28N4O4S/c1-18-5-9-22(10-6-18)29-33-34-27(31)24(28(35)32-30(34)39-29)16-21-8-12-25(26(17-21)36-4)38-14-13-37-23-11-7-19(2)20(3)15-23/h5-12,15-17,31H,13-14H2,1-4H3/b24-16-,31-27?. The van der Waals surface area contributed by atoms with Gasteiger partial charge in [-0.05, 0) is 79.6 Å². The number of aryl methyl sites for hydroxylation is 3. The molecule has 0 aromatic heterocycles. The third kappa shape index (κ3) is 5.73. The third-order valence-corrected chi connectivity index (χ3v) is 7.30. The van der Waals surface area contributed by atoms with Gasteiger partial charge in [0.2, 0.25) is 5.17 Å². The number of fused-ring (bicyclic) bond motifs is 1. The van der Waals surface area contributed by atoms with E-state index >= 15 is 0 Å². The molecule has 0 radical (unpaired) electrons. The summed E-state index contributed by atoms with van der Waals surface area (Å²) < 4.78 is 17.2. The Balaban J connectivity index is 1.27. The van der Waals surface area contributed by atoms with E-state index in [0.29, 0.717) is 40.5 Å². The van der Waals surface area contributed by atoms with Gasteiger partial charge in [-0.15, -0.1) is 0 Å². The zero-order valence-corrected chi connectivity index (χ0v) is 23.0. The van der Waals surface area contributed by atoms with Crippen molar-refractivity contribution in [2.24, 2.45) is 10.1 Å². The van der Waals surface area contributed by atoms with Gasteiger partial charge in [0.05, 0.1) is 12.7 Å². The Kier molecular flexibility index (Phi) is 7.51. The van der Waals surface area contributed by atoms with E-state index in [-0.39, 0.29) is 11.4 Å². The highest BCUT2D eigenvalue weighted by molar-refractivity contribution is 8.27. The topological polar surface area (TPSA) is 96.6 Å². The van der Waals surface area contributed by atoms with Crippen LogP contribution in [0, 0.1) is 26.2 Å². The van der Waals surface area contributed by atoms with Gasteiger partial charge in [0.15, 0.2) is 17.3 Å². The number of hydrogen-bond acceptors (Lipinski definition) is 7. The number of rotatable bonds is 8. The van der Waals surface area contributed by atoms with Crippen molar-refractivity contribution in [3.8, 4) is 17.2 Å². The number of methoxy groups -OCH3 is 1. The van der Waals surface area contributed by atoms with Crippen LogP contribution in [0.1, 0.15) is 27.8 Å². The Hall–Kier alpha value is -4.37. The Labute approximate surface area is 231 Å². The molecule has 1 amide bonds. The predicted octanol–water partition coefficient (Wildman–Crippen LogP) is 5.75. The van der Waals surface area contributed by atoms with Crippen molar-refractivity contribution in [2.75, 3.05) is 20.3 Å². The Morgan fingerprint density at radius 3 is 2.44 bits per heavy atom. The maximum atomic E-state index is 12.8. The van der Waals surface area contributed by atoms with E-state index in [2.05, 4.69) is 17.0 Å². The van der Waals surface area contributed by atoms with Gasteiger partial charge in [-0.1, -0.05) is 42.0 Å². The molecule has 2 heterocycles. The van der Waals surface area contributed by atoms with Gasteiger partial charge in [-0.2, -0.15) is 15.1 Å². The number of nitrogens with one attached hydrogen (secondary N) is 1. The zero-order chi connectivity index (χ0) is 27.5. The van der Waals surface area contributed by atoms with Crippen LogP contribution in [0.4, 0.5) is 0 Å². The maximum Gasteiger partial charge on any atom is 0.283 e. The molecular formula is C30H28N4O4S. The van der Waals surface area contributed by atoms with Crippen molar-refractivity contribution >= 4 is 39.8 Å². The van der Waals surface area contributed by atoms with Crippen LogP contribution >= 0.6 is 11.8 Å². The molecule has 0 bridgehead atoms. The molecular weight excluding hydrogens is 512 g/mol. The van der Waals surface area contributed by atoms with E-state index in [4.69, 9.17) is 19.6 Å². The molecule has 3 aromatic carbocycles. The number of amidine groups is 2. The summed E-state index contributed by atoms with van der Waals surface area (Å²) in [6, 6.07) is 19.2. The van der Waals surface area contributed by atoms with Gasteiger partial charge in [0, 0.05) is 5.56 Å². The van der Waals surface area contributed by atoms with Crippen LogP contribution in [0.2, 0.25) is 0 Å². The minimum atomic E-state index is -0.484. The van der Waals surface area contributed by atoms with Crippen molar-refractivity contribution in [3.05, 3.63) is 94.1 Å². The van der Waals surface area contributed by atoms with Crippen molar-refractivity contribution in [3.63, 3.8) is 0 Å². The molecule has 8 nitrogen and oxygen atoms in total. The predicted molar refractivity (Wildman–Crippen MR) is 155 cm³/mol. The van der Waals surface area contributed by atoms with Crippen LogP contribution in [0.3, 0.4) is 0 Å². The quantitative estimate of drug-likeness (QED) is 0.289. The molecule has 5 rings (SSSR count). The van der Waals surface area contributed by atoms with Crippen LogP contribution in [0.25, 0.3) is 6.08 Å². The van der Waals surface area contributed by atoms with Crippen molar-refractivity contribution < 1.29 is 19.0 Å². The highest BCUT2D eigenvalue weighted by atomic mass is 32.2. The second kappa shape index (κ2) is 11.2. The largest absolute Gasteiger partial charge is 0.493 e. The summed E-state index contributed by atoms with van der Waals surface area (Å²) in [6.45, 7) is 6.84. The minimum Gasteiger partial charge on any atom is -0.493 e. The SMILES string of the molecule is COc1cc(/C=C2/C(=N)N3N=C(c4ccc(C)cc4)SC3=NC2=O)ccc1OCCOc1ccc(C)c(C)c1. The number of amides is 1. The van der Waals surface area contributed by atoms with E-state index in [1.54, 1.807) is 31.4 Å². The van der Waals surface area contributed by atoms with Gasteiger partial charge in [-0.25, -0.2) is 0 Å². The fourth-order valence-corrected chi connectivity index (χ4v) is 4.88. The van der Waals surface area contributed by atoms with E-state index in [9.17, 15) is 4.79 Å². The third-order valence-electron chi connectivity index (χ3n) is 6.34. The van der Waals surface area contributed by atoms with Crippen LogP contribution in [0.15, 0.2) is 76.3 Å². The highest BCUT2D eigenvalue weighted by Crippen LogP contribution is 2.33. The Morgan fingerprint density at radius 2 is 1.69 bits per heavy atom. The van der Waals surface area contributed by atoms with E-state index in [1.807, 2.05) is 56.3 Å². The van der Waals surface area contributed by atoms with E-state index < -0.39 is 5.91 Å². The number of carbonyl (C=O) groups is 1. The number of hydrazone groups is 1. The number of hydrogen-bond donors (Lipinski definition) is 1. The average Bonchev–Trinajstić information content (AvgIpc) is 3.36. The average molecular weight is 541 g/mol. The number of aliphatic imine (C=N–C) groups is 1. The molecule has 0 spiro atoms. The lowest BCUT2D eigenvalue weighted by atomic mass is 10.1. The molecule has 3 aromatic rings. The summed E-state index contributed by atoms with van der Waals surface area (Å²) in [5.74, 6) is 1.35. The maximum absolute atomic E-state index is 12.8. The summed E-state index contributed by atoms with van der Waals surface area (Å²) >= 11 is 1.28. The molecule has 198 valence electrons. The van der Waals surface area contributed by atoms with Crippen LogP contribution in [-0.2, 0) is 4.79 Å². The monoisotopic (exact) mass is 540 g/mol. The Bertz CT molecular complexity index is 1540. The number of benzene rings is 3. The number of ether oxygens (including phenoxy) is 3. The number of thioether (sulfide) groups is 1. The lowest BCUT2D eigenvalue weighted by Crippen LogP contribution is -2.35. The van der Waals surface area contributed by atoms with Gasteiger partial charge in [0.1, 0.15) is 24.0 Å². The smallest absolute Gasteiger partial charge is 0.283 e. The first-order valence-corrected chi connectivity index (χ1v) is 13.2. The van der Waals surface area contributed by atoms with Gasteiger partial charge >= 0.3 is 0 Å². The van der Waals surface area contributed by atoms with Crippen LogP contribution in [0.5, 0.6) is 17.2 Å². The molecule has 0 aliphatic carbocycles. The molecule has 2 aliphatic heterocycles. The lowest BCUT2D eigenvalue weighted by molar-refractivity contribution is -0.114. The second-order valence-corrected chi connectivity index (χ2v) is 10.1. The first-order chi connectivity index (χ1) is 18.8. The van der Waals surface area contributed by atoms with Gasteiger partial charge < -0.3 is 14.2 Å². The fourth-order valence-electron chi connectivity index (χ4n) is 3.98. The van der Waals surface area contributed by atoms with Gasteiger partial charge in [0.25, 0.3) is 5.91 Å². The lowest BCUT2D eigenvalue weighted by Gasteiger charge is -2.20. The van der Waals surface area contributed by atoms with E-state index in [1.165, 1.54) is 27.9 Å². The minimum absolute atomic E-state index is 0.0256. The van der Waals surface area contributed by atoms with Gasteiger partial charge in [-0.3, -0.25) is 10.2 Å². The van der Waals surface area contributed by atoms with Crippen molar-refractivity contribution in [1.29, 1.82) is 5.41 Å². The number of carbonyl (C=O) groups excluding carboxylic acids is 1. The summed E-state index contributed by atoms with van der Waals surface area (Å²) in [5.41, 5.74) is 5.26. The van der Waals surface area contributed by atoms with Crippen molar-refractivity contribution in [1.82, 2.24) is 5.01 Å². The molecule has 2 aliphatic rings. The normalized spacial score (nSPS) is 15.7. The zero-order valence-electron chi connectivity index (χ0n) is 22.1. The van der Waals surface area contributed by atoms with Crippen molar-refractivity contribution in [2.45, 2.75) is 20.8 Å². The summed E-state index contributed by atoms with van der Waals surface area (Å²) in [4.78, 5) is 17.0. The Morgan fingerprint density at radius 1 is 0.923 bits per heavy atom. The second-order valence-electron chi connectivity index (χ2n) is 9.14. The molecule has 0 saturated heterocycles. The molecule has 39 heavy (non-hydrogen) atoms. The van der Waals surface area contributed by atoms with E-state index in [0.717, 1.165) is 16.9 Å².